The summed E-state index contributed by atoms with van der Waals surface area (Å²) in [7, 11) is 3.13. The van der Waals surface area contributed by atoms with E-state index >= 15 is 0 Å². The number of benzene rings is 1. The number of halogens is 2. The van der Waals surface area contributed by atoms with Gasteiger partial charge in [-0.15, -0.1) is 12.4 Å². The lowest BCUT2D eigenvalue weighted by Gasteiger charge is -2.14. The third kappa shape index (κ3) is 3.77. The first-order valence-electron chi connectivity index (χ1n) is 4.68. The van der Waals surface area contributed by atoms with Gasteiger partial charge in [0, 0.05) is 10.5 Å². The van der Waals surface area contributed by atoms with Gasteiger partial charge < -0.3 is 15.2 Å². The molecule has 0 saturated heterocycles. The molecule has 0 aliphatic carbocycles. The van der Waals surface area contributed by atoms with E-state index in [0.29, 0.717) is 11.5 Å². The van der Waals surface area contributed by atoms with Crippen molar-refractivity contribution in [3.8, 4) is 17.6 Å². The Morgan fingerprint density at radius 1 is 1.35 bits per heavy atom. The summed E-state index contributed by atoms with van der Waals surface area (Å²) in [6, 6.07) is 5.27. The van der Waals surface area contributed by atoms with E-state index in [1.807, 2.05) is 6.07 Å². The first-order valence-corrected chi connectivity index (χ1v) is 5.47. The van der Waals surface area contributed by atoms with Crippen molar-refractivity contribution in [1.82, 2.24) is 0 Å². The predicted octanol–water partition coefficient (Wildman–Crippen LogP) is 2.80. The fourth-order valence-electron chi connectivity index (χ4n) is 1.36. The van der Waals surface area contributed by atoms with Crippen molar-refractivity contribution in [1.29, 1.82) is 5.26 Å². The molecule has 0 aliphatic rings. The van der Waals surface area contributed by atoms with Crippen LogP contribution < -0.4 is 15.2 Å². The van der Waals surface area contributed by atoms with Gasteiger partial charge in [-0.2, -0.15) is 5.26 Å². The minimum absolute atomic E-state index is 0. The quantitative estimate of drug-likeness (QED) is 0.926. The summed E-state index contributed by atoms with van der Waals surface area (Å²) in [5.41, 5.74) is 6.71. The largest absolute Gasteiger partial charge is 0.493 e. The molecule has 1 rings (SSSR count). The van der Waals surface area contributed by atoms with E-state index in [4.69, 9.17) is 20.5 Å². The minimum Gasteiger partial charge on any atom is -0.493 e. The van der Waals surface area contributed by atoms with Crippen LogP contribution in [0.4, 0.5) is 0 Å². The van der Waals surface area contributed by atoms with Crippen LogP contribution in [0, 0.1) is 11.3 Å². The number of ether oxygens (including phenoxy) is 2. The lowest BCUT2D eigenvalue weighted by Crippen LogP contribution is -2.10. The van der Waals surface area contributed by atoms with Gasteiger partial charge in [0.25, 0.3) is 0 Å². The maximum Gasteiger partial charge on any atom is 0.161 e. The van der Waals surface area contributed by atoms with Crippen molar-refractivity contribution in [3.63, 3.8) is 0 Å². The van der Waals surface area contributed by atoms with Crippen LogP contribution in [0.1, 0.15) is 18.0 Å². The second-order valence-corrected chi connectivity index (χ2v) is 4.05. The molecule has 0 amide bonds. The molecule has 0 heterocycles. The first kappa shape index (κ1) is 16.0. The van der Waals surface area contributed by atoms with Crippen LogP contribution in [0.25, 0.3) is 0 Å². The summed E-state index contributed by atoms with van der Waals surface area (Å²) >= 11 is 3.40. The van der Waals surface area contributed by atoms with Gasteiger partial charge in [0.1, 0.15) is 0 Å². The number of rotatable bonds is 4. The highest BCUT2D eigenvalue weighted by atomic mass is 79.9. The van der Waals surface area contributed by atoms with Gasteiger partial charge in [-0.3, -0.25) is 0 Å². The maximum atomic E-state index is 8.61. The Bertz CT molecular complexity index is 421. The Labute approximate surface area is 115 Å². The van der Waals surface area contributed by atoms with Gasteiger partial charge in [0.05, 0.1) is 26.7 Å². The Morgan fingerprint density at radius 3 is 2.35 bits per heavy atom. The van der Waals surface area contributed by atoms with Crippen molar-refractivity contribution >= 4 is 28.3 Å². The van der Waals surface area contributed by atoms with Gasteiger partial charge in [0.15, 0.2) is 11.5 Å². The van der Waals surface area contributed by atoms with Crippen molar-refractivity contribution < 1.29 is 9.47 Å². The van der Waals surface area contributed by atoms with E-state index in [-0.39, 0.29) is 24.9 Å². The highest BCUT2D eigenvalue weighted by Gasteiger charge is 2.14. The smallest absolute Gasteiger partial charge is 0.161 e. The molecule has 0 saturated carbocycles. The second-order valence-electron chi connectivity index (χ2n) is 3.20. The molecule has 0 bridgehead atoms. The molecule has 1 atom stereocenters. The zero-order valence-corrected chi connectivity index (χ0v) is 12.0. The normalized spacial score (nSPS) is 11.0. The van der Waals surface area contributed by atoms with Crippen LogP contribution in [0.5, 0.6) is 11.5 Å². The number of hydrogen-bond acceptors (Lipinski definition) is 4. The van der Waals surface area contributed by atoms with Gasteiger partial charge in [0.2, 0.25) is 0 Å². The molecule has 17 heavy (non-hydrogen) atoms. The summed E-state index contributed by atoms with van der Waals surface area (Å²) in [6.07, 6.45) is 0.258. The van der Waals surface area contributed by atoms with E-state index < -0.39 is 0 Å². The Morgan fingerprint density at radius 2 is 1.88 bits per heavy atom. The standard InChI is InChI=1S/C11H13BrN2O2.ClH/c1-15-10-5-7(9(14)3-4-13)8(12)6-11(10)16-2;/h5-6,9H,3,14H2,1-2H3;1H/t9-;/m0./s1. The molecule has 4 nitrogen and oxygen atoms in total. The second kappa shape index (κ2) is 7.38. The lowest BCUT2D eigenvalue weighted by molar-refractivity contribution is 0.354. The third-order valence-electron chi connectivity index (χ3n) is 2.21. The highest BCUT2D eigenvalue weighted by molar-refractivity contribution is 9.10. The predicted molar refractivity (Wildman–Crippen MR) is 71.7 cm³/mol. The van der Waals surface area contributed by atoms with Crippen molar-refractivity contribution in [3.05, 3.63) is 22.2 Å². The molecular formula is C11H14BrClN2O2. The van der Waals surface area contributed by atoms with Crippen molar-refractivity contribution in [2.45, 2.75) is 12.5 Å². The molecule has 0 unspecified atom stereocenters. The molecule has 0 aliphatic heterocycles. The molecule has 6 heteroatoms. The molecule has 1 aromatic rings. The maximum absolute atomic E-state index is 8.61. The van der Waals surface area contributed by atoms with Gasteiger partial charge in [-0.05, 0) is 17.7 Å². The number of nitrogens with zero attached hydrogens (tertiary/aromatic N) is 1. The van der Waals surface area contributed by atoms with Gasteiger partial charge in [-0.1, -0.05) is 15.9 Å². The van der Waals surface area contributed by atoms with Crippen molar-refractivity contribution in [2.24, 2.45) is 5.73 Å². The molecule has 1 aromatic carbocycles. The number of methoxy groups -OCH3 is 2. The Kier molecular flexibility index (Phi) is 6.97. The Hall–Kier alpha value is -0.960. The third-order valence-corrected chi connectivity index (χ3v) is 2.90. The fourth-order valence-corrected chi connectivity index (χ4v) is 1.98. The summed E-state index contributed by atoms with van der Waals surface area (Å²) in [6.45, 7) is 0. The molecular weight excluding hydrogens is 307 g/mol. The van der Waals surface area contributed by atoms with Crippen LogP contribution in [-0.4, -0.2) is 14.2 Å². The molecule has 0 spiro atoms. The van der Waals surface area contributed by atoms with Crippen LogP contribution in [0.3, 0.4) is 0 Å². The number of nitriles is 1. The SMILES string of the molecule is COc1cc(Br)c([C@@H](N)CC#N)cc1OC.Cl. The lowest BCUT2D eigenvalue weighted by atomic mass is 10.0. The average Bonchev–Trinajstić information content (AvgIpc) is 2.28. The summed E-state index contributed by atoms with van der Waals surface area (Å²) < 4.78 is 11.1. The van der Waals surface area contributed by atoms with E-state index in [0.717, 1.165) is 10.0 Å². The zero-order chi connectivity index (χ0) is 12.1. The highest BCUT2D eigenvalue weighted by Crippen LogP contribution is 2.35. The topological polar surface area (TPSA) is 68.3 Å². The molecule has 2 N–H and O–H groups in total. The number of hydrogen-bond donors (Lipinski definition) is 1. The summed E-state index contributed by atoms with van der Waals surface area (Å²) in [4.78, 5) is 0. The van der Waals surface area contributed by atoms with E-state index in [1.54, 1.807) is 26.4 Å². The average molecular weight is 322 g/mol. The van der Waals surface area contributed by atoms with E-state index in [2.05, 4.69) is 15.9 Å². The monoisotopic (exact) mass is 320 g/mol. The first-order chi connectivity index (χ1) is 7.63. The number of nitrogens with two attached hydrogens (primary N) is 1. The minimum atomic E-state index is -0.334. The summed E-state index contributed by atoms with van der Waals surface area (Å²) in [5.74, 6) is 1.23. The summed E-state index contributed by atoms with van der Waals surface area (Å²) in [5, 5.41) is 8.61. The molecule has 94 valence electrons. The molecule has 0 aromatic heterocycles. The molecule has 0 fully saturated rings. The molecule has 0 radical (unpaired) electrons. The van der Waals surface area contributed by atoms with E-state index in [9.17, 15) is 0 Å². The fraction of sp³-hybridized carbons (Fsp3) is 0.364. The van der Waals surface area contributed by atoms with Crippen LogP contribution >= 0.6 is 28.3 Å². The van der Waals surface area contributed by atoms with Crippen LogP contribution in [-0.2, 0) is 0 Å². The van der Waals surface area contributed by atoms with Gasteiger partial charge in [-0.25, -0.2) is 0 Å². The van der Waals surface area contributed by atoms with E-state index in [1.165, 1.54) is 0 Å². The Balaban J connectivity index is 0.00000256. The zero-order valence-electron chi connectivity index (χ0n) is 9.57. The van der Waals surface area contributed by atoms with Crippen LogP contribution in [0.15, 0.2) is 16.6 Å². The van der Waals surface area contributed by atoms with Crippen LogP contribution in [0.2, 0.25) is 0 Å². The van der Waals surface area contributed by atoms with Crippen molar-refractivity contribution in [2.75, 3.05) is 14.2 Å². The van der Waals surface area contributed by atoms with Gasteiger partial charge >= 0.3 is 0 Å².